The van der Waals surface area contributed by atoms with Crippen molar-refractivity contribution in [1.82, 2.24) is 29.7 Å². The number of amides is 2. The van der Waals surface area contributed by atoms with Gasteiger partial charge in [0.2, 0.25) is 11.8 Å². The SMILES string of the molecule is Cc1cc(OCC2(CC(=O)N3CCN(C)CC3)CN(C(=O)CCn3nnc4ccccc43)CCO2)ccc1Cl. The molecular weight excluding hydrogens is 520 g/mol. The van der Waals surface area contributed by atoms with Crippen molar-refractivity contribution in [3.05, 3.63) is 53.1 Å². The maximum Gasteiger partial charge on any atom is 0.225 e. The van der Waals surface area contributed by atoms with E-state index in [4.69, 9.17) is 21.1 Å². The molecule has 0 saturated carbocycles. The van der Waals surface area contributed by atoms with Gasteiger partial charge in [-0.1, -0.05) is 28.9 Å². The first-order valence-electron chi connectivity index (χ1n) is 13.4. The lowest BCUT2D eigenvalue weighted by molar-refractivity contribution is -0.166. The molecule has 3 heterocycles. The largest absolute Gasteiger partial charge is 0.490 e. The van der Waals surface area contributed by atoms with Crippen LogP contribution in [-0.4, -0.2) is 107 Å². The number of benzene rings is 2. The molecule has 2 aromatic carbocycles. The quantitative estimate of drug-likeness (QED) is 0.422. The zero-order valence-electron chi connectivity index (χ0n) is 22.5. The Morgan fingerprint density at radius 1 is 1.05 bits per heavy atom. The van der Waals surface area contributed by atoms with Crippen molar-refractivity contribution in [2.24, 2.45) is 0 Å². The number of para-hydroxylation sites is 1. The van der Waals surface area contributed by atoms with Crippen molar-refractivity contribution in [2.45, 2.75) is 31.9 Å². The van der Waals surface area contributed by atoms with Gasteiger partial charge in [-0.3, -0.25) is 9.59 Å². The Hall–Kier alpha value is -3.21. The molecule has 2 amide bonds. The van der Waals surface area contributed by atoms with Crippen LogP contribution >= 0.6 is 11.6 Å². The Kier molecular flexibility index (Phi) is 8.34. The zero-order valence-corrected chi connectivity index (χ0v) is 23.3. The van der Waals surface area contributed by atoms with Crippen LogP contribution in [0.1, 0.15) is 18.4 Å². The van der Waals surface area contributed by atoms with Gasteiger partial charge in [-0.2, -0.15) is 0 Å². The van der Waals surface area contributed by atoms with Crippen LogP contribution in [0.15, 0.2) is 42.5 Å². The Bertz CT molecular complexity index is 1320. The van der Waals surface area contributed by atoms with E-state index in [1.807, 2.05) is 42.2 Å². The van der Waals surface area contributed by atoms with E-state index in [1.54, 1.807) is 21.7 Å². The van der Waals surface area contributed by atoms with Gasteiger partial charge < -0.3 is 24.2 Å². The normalized spacial score (nSPS) is 20.4. The second kappa shape index (κ2) is 11.9. The summed E-state index contributed by atoms with van der Waals surface area (Å²) in [5.41, 5.74) is 1.64. The summed E-state index contributed by atoms with van der Waals surface area (Å²) in [7, 11) is 2.06. The van der Waals surface area contributed by atoms with Crippen LogP contribution in [0, 0.1) is 6.92 Å². The molecule has 0 aliphatic carbocycles. The van der Waals surface area contributed by atoms with Crippen LogP contribution < -0.4 is 4.74 Å². The number of fused-ring (bicyclic) bond motifs is 1. The Balaban J connectivity index is 1.28. The number of hydrogen-bond donors (Lipinski definition) is 0. The molecule has 39 heavy (non-hydrogen) atoms. The van der Waals surface area contributed by atoms with Crippen molar-refractivity contribution in [3.63, 3.8) is 0 Å². The number of hydrogen-bond acceptors (Lipinski definition) is 7. The Morgan fingerprint density at radius 3 is 2.64 bits per heavy atom. The third-order valence-corrected chi connectivity index (χ3v) is 7.94. The minimum atomic E-state index is -0.957. The van der Waals surface area contributed by atoms with E-state index in [-0.39, 0.29) is 37.8 Å². The predicted molar refractivity (Wildman–Crippen MR) is 148 cm³/mol. The summed E-state index contributed by atoms with van der Waals surface area (Å²) in [6.45, 7) is 6.57. The van der Waals surface area contributed by atoms with Gasteiger partial charge in [0.05, 0.1) is 31.6 Å². The number of piperazine rings is 1. The summed E-state index contributed by atoms with van der Waals surface area (Å²) in [4.78, 5) is 32.6. The molecule has 208 valence electrons. The number of carbonyl (C=O) groups is 2. The van der Waals surface area contributed by atoms with Gasteiger partial charge in [0, 0.05) is 44.2 Å². The number of morpholine rings is 1. The summed E-state index contributed by atoms with van der Waals surface area (Å²) < 4.78 is 14.2. The average molecular weight is 555 g/mol. The monoisotopic (exact) mass is 554 g/mol. The maximum atomic E-state index is 13.4. The number of carbonyl (C=O) groups excluding carboxylic acids is 2. The number of likely N-dealkylation sites (N-methyl/N-ethyl adjacent to an activating group) is 1. The van der Waals surface area contributed by atoms with E-state index in [0.717, 1.165) is 29.7 Å². The highest BCUT2D eigenvalue weighted by Crippen LogP contribution is 2.28. The fourth-order valence-corrected chi connectivity index (χ4v) is 5.23. The maximum absolute atomic E-state index is 13.4. The molecule has 0 spiro atoms. The van der Waals surface area contributed by atoms with E-state index in [0.29, 0.717) is 43.6 Å². The van der Waals surface area contributed by atoms with Crippen LogP contribution in [0.5, 0.6) is 5.75 Å². The molecule has 1 atom stereocenters. The molecule has 3 aromatic rings. The molecule has 2 saturated heterocycles. The third kappa shape index (κ3) is 6.51. The van der Waals surface area contributed by atoms with Crippen molar-refractivity contribution >= 4 is 34.4 Å². The van der Waals surface area contributed by atoms with E-state index < -0.39 is 5.60 Å². The average Bonchev–Trinajstić information content (AvgIpc) is 3.36. The first kappa shape index (κ1) is 27.4. The summed E-state index contributed by atoms with van der Waals surface area (Å²) >= 11 is 6.19. The van der Waals surface area contributed by atoms with Crippen molar-refractivity contribution in [2.75, 3.05) is 59.5 Å². The number of nitrogens with zero attached hydrogens (tertiary/aromatic N) is 6. The Labute approximate surface area is 233 Å². The van der Waals surface area contributed by atoms with Gasteiger partial charge in [0.15, 0.2) is 0 Å². The van der Waals surface area contributed by atoms with Crippen LogP contribution in [0.2, 0.25) is 5.02 Å². The molecule has 0 N–H and O–H groups in total. The number of halogens is 1. The molecule has 1 aromatic heterocycles. The fraction of sp³-hybridized carbons (Fsp3) is 0.500. The van der Waals surface area contributed by atoms with E-state index in [2.05, 4.69) is 22.3 Å². The standard InChI is InChI=1S/C28H35ClN6O4/c1-21-17-22(7-8-23(21)29)38-20-28(18-27(37)33-13-11-32(2)12-14-33)19-34(15-16-39-28)26(36)9-10-35-25-6-4-3-5-24(25)30-31-35/h3-8,17H,9-16,18-20H2,1-2H3. The molecule has 0 bridgehead atoms. The second-order valence-electron chi connectivity index (χ2n) is 10.5. The van der Waals surface area contributed by atoms with Crippen LogP contribution in [0.4, 0.5) is 0 Å². The fourth-order valence-electron chi connectivity index (χ4n) is 5.11. The van der Waals surface area contributed by atoms with Gasteiger partial charge in [-0.05, 0) is 49.9 Å². The molecule has 2 fully saturated rings. The molecule has 0 radical (unpaired) electrons. The number of aryl methyl sites for hydroxylation is 2. The molecule has 11 heteroatoms. The number of rotatable bonds is 8. The molecular formula is C28H35ClN6O4. The minimum absolute atomic E-state index is 0.0161. The van der Waals surface area contributed by atoms with Crippen molar-refractivity contribution < 1.29 is 19.1 Å². The lowest BCUT2D eigenvalue weighted by atomic mass is 9.96. The van der Waals surface area contributed by atoms with Crippen molar-refractivity contribution in [1.29, 1.82) is 0 Å². The summed E-state index contributed by atoms with van der Waals surface area (Å²) in [5, 5.41) is 9.04. The van der Waals surface area contributed by atoms with Crippen molar-refractivity contribution in [3.8, 4) is 5.75 Å². The van der Waals surface area contributed by atoms with Gasteiger partial charge in [-0.15, -0.1) is 5.10 Å². The van der Waals surface area contributed by atoms with Gasteiger partial charge in [0.1, 0.15) is 23.5 Å². The number of aromatic nitrogens is 3. The van der Waals surface area contributed by atoms with E-state index in [1.165, 1.54) is 0 Å². The topological polar surface area (TPSA) is 93.0 Å². The lowest BCUT2D eigenvalue weighted by Gasteiger charge is -2.43. The van der Waals surface area contributed by atoms with Crippen LogP contribution in [-0.2, 0) is 20.9 Å². The lowest BCUT2D eigenvalue weighted by Crippen LogP contribution is -2.59. The first-order valence-corrected chi connectivity index (χ1v) is 13.7. The Morgan fingerprint density at radius 2 is 1.85 bits per heavy atom. The van der Waals surface area contributed by atoms with Gasteiger partial charge >= 0.3 is 0 Å². The molecule has 2 aliphatic rings. The first-order chi connectivity index (χ1) is 18.8. The van der Waals surface area contributed by atoms with Gasteiger partial charge in [0.25, 0.3) is 0 Å². The van der Waals surface area contributed by atoms with E-state index >= 15 is 0 Å². The third-order valence-electron chi connectivity index (χ3n) is 7.52. The van der Waals surface area contributed by atoms with Crippen LogP contribution in [0.3, 0.4) is 0 Å². The smallest absolute Gasteiger partial charge is 0.225 e. The molecule has 10 nitrogen and oxygen atoms in total. The second-order valence-corrected chi connectivity index (χ2v) is 10.9. The summed E-state index contributed by atoms with van der Waals surface area (Å²) in [5.74, 6) is 0.646. The highest BCUT2D eigenvalue weighted by molar-refractivity contribution is 6.31. The number of ether oxygens (including phenoxy) is 2. The minimum Gasteiger partial charge on any atom is -0.490 e. The predicted octanol–water partition coefficient (Wildman–Crippen LogP) is 2.62. The highest BCUT2D eigenvalue weighted by atomic mass is 35.5. The molecule has 2 aliphatic heterocycles. The highest BCUT2D eigenvalue weighted by Gasteiger charge is 2.42. The molecule has 5 rings (SSSR count). The zero-order chi connectivity index (χ0) is 27.4. The molecule has 1 unspecified atom stereocenters. The summed E-state index contributed by atoms with van der Waals surface area (Å²) in [6, 6.07) is 13.2. The van der Waals surface area contributed by atoms with Gasteiger partial charge in [-0.25, -0.2) is 4.68 Å². The van der Waals surface area contributed by atoms with Crippen LogP contribution in [0.25, 0.3) is 11.0 Å². The summed E-state index contributed by atoms with van der Waals surface area (Å²) in [6.07, 6.45) is 0.411. The van der Waals surface area contributed by atoms with E-state index in [9.17, 15) is 9.59 Å².